The molecule has 0 aromatic carbocycles. The lowest BCUT2D eigenvalue weighted by atomic mass is 10.3. The summed E-state index contributed by atoms with van der Waals surface area (Å²) in [6.07, 6.45) is 3.90. The summed E-state index contributed by atoms with van der Waals surface area (Å²) in [5.74, 6) is 0.0987. The second kappa shape index (κ2) is 3.97. The molecule has 82 valence electrons. The van der Waals surface area contributed by atoms with Gasteiger partial charge in [-0.15, -0.1) is 0 Å². The maximum absolute atomic E-state index is 11.6. The Bertz CT molecular complexity index is 551. The number of H-pyrrole nitrogens is 2. The molecule has 1 amide bonds. The molecular weight excluding hydrogens is 210 g/mol. The summed E-state index contributed by atoms with van der Waals surface area (Å²) in [4.78, 5) is 28.5. The minimum Gasteiger partial charge on any atom is -0.325 e. The lowest BCUT2D eigenvalue weighted by Crippen LogP contribution is -2.17. The Hall–Kier alpha value is -2.44. The number of carbonyl (C=O) groups is 1. The molecule has 0 atom stereocenters. The van der Waals surface area contributed by atoms with Crippen LogP contribution in [-0.2, 0) is 0 Å². The number of nitrogens with one attached hydrogen (secondary N) is 3. The van der Waals surface area contributed by atoms with E-state index in [-0.39, 0.29) is 11.3 Å². The third kappa shape index (κ3) is 1.97. The zero-order valence-corrected chi connectivity index (χ0v) is 8.44. The number of anilines is 1. The van der Waals surface area contributed by atoms with Crippen LogP contribution in [0.3, 0.4) is 0 Å². The maximum Gasteiger partial charge on any atom is 0.276 e. The smallest absolute Gasteiger partial charge is 0.276 e. The average Bonchev–Trinajstić information content (AvgIpc) is 2.65. The molecule has 2 heterocycles. The second-order valence-electron chi connectivity index (χ2n) is 3.18. The number of rotatable bonds is 2. The van der Waals surface area contributed by atoms with Crippen LogP contribution in [0.5, 0.6) is 0 Å². The number of aromatic amines is 2. The quantitative estimate of drug-likeness (QED) is 0.664. The number of nitrogens with zero attached hydrogens (tertiary/aromatic N) is 2. The largest absolute Gasteiger partial charge is 0.325 e. The van der Waals surface area contributed by atoms with Crippen molar-refractivity contribution in [3.8, 4) is 0 Å². The van der Waals surface area contributed by atoms with E-state index in [1.165, 1.54) is 6.20 Å². The van der Waals surface area contributed by atoms with Crippen molar-refractivity contribution in [3.63, 3.8) is 0 Å². The van der Waals surface area contributed by atoms with Crippen molar-refractivity contribution in [2.24, 2.45) is 0 Å². The first-order valence-electron chi connectivity index (χ1n) is 4.53. The van der Waals surface area contributed by atoms with E-state index < -0.39 is 5.91 Å². The van der Waals surface area contributed by atoms with Crippen molar-refractivity contribution < 1.29 is 4.79 Å². The molecule has 7 heteroatoms. The molecule has 2 aromatic rings. The van der Waals surface area contributed by atoms with Crippen molar-refractivity contribution in [1.29, 1.82) is 0 Å². The van der Waals surface area contributed by atoms with Gasteiger partial charge in [0.1, 0.15) is 11.5 Å². The van der Waals surface area contributed by atoms with Crippen LogP contribution in [0.25, 0.3) is 0 Å². The molecule has 0 radical (unpaired) electrons. The summed E-state index contributed by atoms with van der Waals surface area (Å²) < 4.78 is 0. The zero-order chi connectivity index (χ0) is 11.5. The fourth-order valence-corrected chi connectivity index (χ4v) is 1.12. The van der Waals surface area contributed by atoms with E-state index >= 15 is 0 Å². The topological polar surface area (TPSA) is 104 Å². The highest BCUT2D eigenvalue weighted by molar-refractivity contribution is 6.02. The zero-order valence-electron chi connectivity index (χ0n) is 8.44. The Morgan fingerprint density at radius 3 is 2.81 bits per heavy atom. The average molecular weight is 219 g/mol. The number of carbonyl (C=O) groups excluding carboxylic acids is 1. The van der Waals surface area contributed by atoms with Gasteiger partial charge in [-0.3, -0.25) is 14.7 Å². The van der Waals surface area contributed by atoms with Gasteiger partial charge in [-0.1, -0.05) is 0 Å². The molecule has 0 aliphatic rings. The first-order valence-corrected chi connectivity index (χ1v) is 4.53. The van der Waals surface area contributed by atoms with Crippen molar-refractivity contribution in [2.45, 2.75) is 6.92 Å². The van der Waals surface area contributed by atoms with E-state index in [1.54, 1.807) is 13.1 Å². The number of aromatic nitrogens is 4. The monoisotopic (exact) mass is 219 g/mol. The number of hydrogen-bond acceptors (Lipinski definition) is 4. The third-order valence-electron chi connectivity index (χ3n) is 1.97. The van der Waals surface area contributed by atoms with E-state index in [0.29, 0.717) is 5.82 Å². The normalized spacial score (nSPS) is 10.1. The predicted octanol–water partition coefficient (Wildman–Crippen LogP) is 0.0537. The maximum atomic E-state index is 11.6. The van der Waals surface area contributed by atoms with Crippen molar-refractivity contribution in [2.75, 3.05) is 5.32 Å². The summed E-state index contributed by atoms with van der Waals surface area (Å²) in [6, 6.07) is 0. The molecule has 0 unspecified atom stereocenters. The van der Waals surface area contributed by atoms with Gasteiger partial charge in [0.2, 0.25) is 0 Å². The number of amides is 1. The molecule has 0 bridgehead atoms. The van der Waals surface area contributed by atoms with E-state index in [1.807, 2.05) is 0 Å². The summed E-state index contributed by atoms with van der Waals surface area (Å²) in [5.41, 5.74) is 0.598. The molecule has 0 aliphatic heterocycles. The van der Waals surface area contributed by atoms with Gasteiger partial charge in [0.05, 0.1) is 12.4 Å². The van der Waals surface area contributed by atoms with Gasteiger partial charge in [0.15, 0.2) is 0 Å². The summed E-state index contributed by atoms with van der Waals surface area (Å²) in [5, 5.41) is 8.98. The molecular formula is C9H9N5O2. The summed E-state index contributed by atoms with van der Waals surface area (Å²) >= 11 is 0. The van der Waals surface area contributed by atoms with Crippen LogP contribution in [0.15, 0.2) is 23.4 Å². The van der Waals surface area contributed by atoms with Gasteiger partial charge < -0.3 is 10.3 Å². The SMILES string of the molecule is Cc1cn[nH]c1NC(=O)c1c[nH]c(=O)cn1. The highest BCUT2D eigenvalue weighted by Gasteiger charge is 2.09. The van der Waals surface area contributed by atoms with Crippen LogP contribution >= 0.6 is 0 Å². The fraction of sp³-hybridized carbons (Fsp3) is 0.111. The van der Waals surface area contributed by atoms with Crippen LogP contribution in [-0.4, -0.2) is 26.1 Å². The third-order valence-corrected chi connectivity index (χ3v) is 1.97. The lowest BCUT2D eigenvalue weighted by molar-refractivity contribution is 0.102. The molecule has 0 spiro atoms. The first-order chi connectivity index (χ1) is 7.66. The Kier molecular flexibility index (Phi) is 2.50. The van der Waals surface area contributed by atoms with Crippen molar-refractivity contribution >= 4 is 11.7 Å². The standard InChI is InChI=1S/C9H9N5O2/c1-5-2-12-14-8(5)13-9(16)6-3-11-7(15)4-10-6/h2-4H,1H3,(H,11,15)(H2,12,13,14,16). The van der Waals surface area contributed by atoms with Gasteiger partial charge in [-0.2, -0.15) is 5.10 Å². The van der Waals surface area contributed by atoms with Crippen LogP contribution < -0.4 is 10.9 Å². The van der Waals surface area contributed by atoms with Crippen LogP contribution in [0, 0.1) is 6.92 Å². The summed E-state index contributed by atoms with van der Waals surface area (Å²) in [6.45, 7) is 1.80. The van der Waals surface area contributed by atoms with Gasteiger partial charge in [0, 0.05) is 11.8 Å². The Labute approximate surface area is 89.9 Å². The van der Waals surface area contributed by atoms with Crippen LogP contribution in [0.2, 0.25) is 0 Å². The second-order valence-corrected chi connectivity index (χ2v) is 3.18. The van der Waals surface area contributed by atoms with Crippen molar-refractivity contribution in [1.82, 2.24) is 20.2 Å². The Morgan fingerprint density at radius 2 is 2.25 bits per heavy atom. The van der Waals surface area contributed by atoms with Gasteiger partial charge >= 0.3 is 0 Å². The highest BCUT2D eigenvalue weighted by Crippen LogP contribution is 2.09. The Morgan fingerprint density at radius 1 is 1.44 bits per heavy atom. The van der Waals surface area contributed by atoms with Crippen LogP contribution in [0.4, 0.5) is 5.82 Å². The van der Waals surface area contributed by atoms with Gasteiger partial charge in [-0.25, -0.2) is 4.98 Å². The van der Waals surface area contributed by atoms with E-state index in [4.69, 9.17) is 0 Å². The number of aryl methyl sites for hydroxylation is 1. The van der Waals surface area contributed by atoms with Crippen LogP contribution in [0.1, 0.15) is 16.1 Å². The van der Waals surface area contributed by atoms with Crippen molar-refractivity contribution in [3.05, 3.63) is 40.2 Å². The van der Waals surface area contributed by atoms with Gasteiger partial charge in [0.25, 0.3) is 11.5 Å². The fourth-order valence-electron chi connectivity index (χ4n) is 1.12. The predicted molar refractivity (Wildman–Crippen MR) is 56.1 cm³/mol. The molecule has 16 heavy (non-hydrogen) atoms. The lowest BCUT2D eigenvalue weighted by Gasteiger charge is -2.01. The number of hydrogen-bond donors (Lipinski definition) is 3. The molecule has 2 rings (SSSR count). The van der Waals surface area contributed by atoms with E-state index in [0.717, 1.165) is 11.8 Å². The molecule has 0 fully saturated rings. The highest BCUT2D eigenvalue weighted by atomic mass is 16.2. The molecule has 7 nitrogen and oxygen atoms in total. The minimum atomic E-state index is -0.413. The van der Waals surface area contributed by atoms with Gasteiger partial charge in [-0.05, 0) is 6.92 Å². The molecule has 3 N–H and O–H groups in total. The Balaban J connectivity index is 2.18. The van der Waals surface area contributed by atoms with E-state index in [2.05, 4.69) is 25.5 Å². The summed E-state index contributed by atoms with van der Waals surface area (Å²) in [7, 11) is 0. The molecule has 0 saturated heterocycles. The minimum absolute atomic E-state index is 0.133. The molecule has 0 aliphatic carbocycles. The first kappa shape index (κ1) is 10.1. The molecule has 0 saturated carbocycles. The molecule has 2 aromatic heterocycles. The van der Waals surface area contributed by atoms with E-state index in [9.17, 15) is 9.59 Å².